The zero-order valence-corrected chi connectivity index (χ0v) is 19.5. The lowest BCUT2D eigenvalue weighted by Crippen LogP contribution is -2.38. The third-order valence-electron chi connectivity index (χ3n) is 4.07. The molecular weight excluding hydrogens is 477 g/mol. The third-order valence-corrected chi connectivity index (χ3v) is 5.89. The second-order valence-electron chi connectivity index (χ2n) is 6.30. The van der Waals surface area contributed by atoms with Gasteiger partial charge in [-0.25, -0.2) is 8.42 Å². The van der Waals surface area contributed by atoms with Crippen LogP contribution in [0.15, 0.2) is 40.2 Å². The summed E-state index contributed by atoms with van der Waals surface area (Å²) in [5.74, 6) is 1.18. The van der Waals surface area contributed by atoms with Crippen molar-refractivity contribution >= 4 is 39.8 Å². The number of aliphatic hydroxyl groups excluding tert-OH is 1. The molecule has 0 aromatic heterocycles. The van der Waals surface area contributed by atoms with Crippen molar-refractivity contribution in [2.24, 2.45) is 10.9 Å². The van der Waals surface area contributed by atoms with Crippen LogP contribution in [0.25, 0.3) is 0 Å². The molecule has 6 nitrogen and oxygen atoms in total. The molecule has 0 saturated heterocycles. The largest absolute Gasteiger partial charge is 0.396 e. The minimum atomic E-state index is -3.24. The van der Waals surface area contributed by atoms with Gasteiger partial charge in [-0.2, -0.15) is 0 Å². The zero-order valence-electron chi connectivity index (χ0n) is 16.4. The van der Waals surface area contributed by atoms with Gasteiger partial charge in [-0.1, -0.05) is 31.5 Å². The molecule has 1 rings (SSSR count). The Labute approximate surface area is 181 Å². The van der Waals surface area contributed by atoms with E-state index in [9.17, 15) is 8.42 Å². The quantitative estimate of drug-likeness (QED) is 0.174. The molecule has 0 heterocycles. The molecule has 0 aliphatic rings. The predicted molar refractivity (Wildman–Crippen MR) is 123 cm³/mol. The summed E-state index contributed by atoms with van der Waals surface area (Å²) in [5, 5.41) is 15.5. The molecule has 1 atom stereocenters. The minimum Gasteiger partial charge on any atom is -0.396 e. The van der Waals surface area contributed by atoms with Crippen molar-refractivity contribution in [1.29, 1.82) is 0 Å². The van der Waals surface area contributed by atoms with Crippen LogP contribution < -0.4 is 10.6 Å². The molecule has 0 spiro atoms. The van der Waals surface area contributed by atoms with Crippen LogP contribution in [0.1, 0.15) is 39.5 Å². The monoisotopic (exact) mass is 511 g/mol. The number of nitrogens with zero attached hydrogens (tertiary/aromatic N) is 1. The molecule has 1 aromatic rings. The van der Waals surface area contributed by atoms with E-state index >= 15 is 0 Å². The van der Waals surface area contributed by atoms with Crippen molar-refractivity contribution in [3.05, 3.63) is 30.3 Å². The van der Waals surface area contributed by atoms with Gasteiger partial charge in [0.1, 0.15) is 0 Å². The average Bonchev–Trinajstić information content (AvgIpc) is 2.64. The van der Waals surface area contributed by atoms with E-state index in [-0.39, 0.29) is 36.3 Å². The maximum absolute atomic E-state index is 12.3. The standard InChI is InChI=1S/C19H33N3O3S.HI/c1-3-9-17(12-14-23)16-22-19(20-4-2)21-13-8-15-26(24,25)18-10-6-5-7-11-18;/h5-7,10-11,17,23H,3-4,8-9,12-16H2,1-2H3,(H2,20,21,22);1H. The van der Waals surface area contributed by atoms with Gasteiger partial charge >= 0.3 is 0 Å². The van der Waals surface area contributed by atoms with Gasteiger partial charge in [-0.3, -0.25) is 4.99 Å². The first kappa shape index (κ1) is 26.1. The topological polar surface area (TPSA) is 90.8 Å². The molecule has 0 bridgehead atoms. The molecule has 27 heavy (non-hydrogen) atoms. The first-order valence-electron chi connectivity index (χ1n) is 9.44. The molecule has 156 valence electrons. The van der Waals surface area contributed by atoms with E-state index in [0.717, 1.165) is 25.8 Å². The molecule has 3 N–H and O–H groups in total. The fraction of sp³-hybridized carbons (Fsp3) is 0.632. The fourth-order valence-electron chi connectivity index (χ4n) is 2.69. The lowest BCUT2D eigenvalue weighted by molar-refractivity contribution is 0.253. The Kier molecular flexibility index (Phi) is 14.6. The number of guanidine groups is 1. The summed E-state index contributed by atoms with van der Waals surface area (Å²) in [4.78, 5) is 4.94. The highest BCUT2D eigenvalue weighted by Crippen LogP contribution is 2.12. The highest BCUT2D eigenvalue weighted by Gasteiger charge is 2.13. The Balaban J connectivity index is 0.00000676. The Morgan fingerprint density at radius 2 is 1.85 bits per heavy atom. The fourth-order valence-corrected chi connectivity index (χ4v) is 4.03. The van der Waals surface area contributed by atoms with E-state index in [1.54, 1.807) is 24.3 Å². The summed E-state index contributed by atoms with van der Waals surface area (Å²) in [5.41, 5.74) is 0. The molecule has 8 heteroatoms. The van der Waals surface area contributed by atoms with E-state index in [1.807, 2.05) is 13.0 Å². The van der Waals surface area contributed by atoms with E-state index in [4.69, 9.17) is 5.11 Å². The highest BCUT2D eigenvalue weighted by molar-refractivity contribution is 14.0. The van der Waals surface area contributed by atoms with Gasteiger partial charge in [0.15, 0.2) is 15.8 Å². The Morgan fingerprint density at radius 1 is 1.15 bits per heavy atom. The van der Waals surface area contributed by atoms with Crippen LogP contribution in [0.5, 0.6) is 0 Å². The van der Waals surface area contributed by atoms with Crippen molar-refractivity contribution in [3.63, 3.8) is 0 Å². The SMILES string of the molecule is CCCC(CCO)CN=C(NCC)NCCCS(=O)(=O)c1ccccc1.I. The maximum Gasteiger partial charge on any atom is 0.191 e. The maximum atomic E-state index is 12.3. The molecule has 0 amide bonds. The number of halogens is 1. The summed E-state index contributed by atoms with van der Waals surface area (Å²) in [6.45, 7) is 6.25. The Bertz CT molecular complexity index is 618. The van der Waals surface area contributed by atoms with Crippen LogP contribution in [0.4, 0.5) is 0 Å². The minimum absolute atomic E-state index is 0. The second kappa shape index (κ2) is 15.1. The van der Waals surface area contributed by atoms with Crippen molar-refractivity contribution in [3.8, 4) is 0 Å². The van der Waals surface area contributed by atoms with Gasteiger partial charge in [0.05, 0.1) is 10.6 Å². The molecule has 0 aliphatic carbocycles. The van der Waals surface area contributed by atoms with Crippen LogP contribution in [-0.2, 0) is 9.84 Å². The van der Waals surface area contributed by atoms with Gasteiger partial charge in [-0.05, 0) is 44.2 Å². The summed E-state index contributed by atoms with van der Waals surface area (Å²) in [7, 11) is -3.24. The smallest absolute Gasteiger partial charge is 0.191 e. The van der Waals surface area contributed by atoms with Crippen molar-refractivity contribution in [2.75, 3.05) is 32.0 Å². The number of hydrogen-bond donors (Lipinski definition) is 3. The van der Waals surface area contributed by atoms with Crippen molar-refractivity contribution < 1.29 is 13.5 Å². The third kappa shape index (κ3) is 10.9. The van der Waals surface area contributed by atoms with Gasteiger partial charge < -0.3 is 15.7 Å². The van der Waals surface area contributed by atoms with Gasteiger partial charge in [-0.15, -0.1) is 24.0 Å². The van der Waals surface area contributed by atoms with Crippen molar-refractivity contribution in [1.82, 2.24) is 10.6 Å². The number of hydrogen-bond acceptors (Lipinski definition) is 4. The zero-order chi connectivity index (χ0) is 19.3. The lowest BCUT2D eigenvalue weighted by atomic mass is 10.0. The summed E-state index contributed by atoms with van der Waals surface area (Å²) in [6, 6.07) is 8.54. The van der Waals surface area contributed by atoms with Gasteiger partial charge in [0.25, 0.3) is 0 Å². The molecule has 1 unspecified atom stereocenters. The summed E-state index contributed by atoms with van der Waals surface area (Å²) < 4.78 is 24.5. The molecule has 0 fully saturated rings. The van der Waals surface area contributed by atoms with E-state index in [2.05, 4.69) is 22.5 Å². The number of aliphatic imine (C=N–C) groups is 1. The Morgan fingerprint density at radius 3 is 2.44 bits per heavy atom. The molecule has 1 aromatic carbocycles. The number of nitrogens with one attached hydrogen (secondary N) is 2. The Hall–Kier alpha value is -0.870. The molecular formula is C19H34IN3O3S. The first-order chi connectivity index (χ1) is 12.5. The average molecular weight is 511 g/mol. The molecule has 0 radical (unpaired) electrons. The summed E-state index contributed by atoms with van der Waals surface area (Å²) >= 11 is 0. The van der Waals surface area contributed by atoms with Crippen LogP contribution in [-0.4, -0.2) is 51.5 Å². The second-order valence-corrected chi connectivity index (χ2v) is 8.41. The van der Waals surface area contributed by atoms with Crippen LogP contribution >= 0.6 is 24.0 Å². The van der Waals surface area contributed by atoms with Gasteiger partial charge in [0, 0.05) is 26.2 Å². The first-order valence-corrected chi connectivity index (χ1v) is 11.1. The number of rotatable bonds is 12. The number of aliphatic hydroxyl groups is 1. The molecule has 0 saturated carbocycles. The summed E-state index contributed by atoms with van der Waals surface area (Å²) in [6.07, 6.45) is 3.38. The van der Waals surface area contributed by atoms with Gasteiger partial charge in [0.2, 0.25) is 0 Å². The number of benzene rings is 1. The predicted octanol–water partition coefficient (Wildman–Crippen LogP) is 2.82. The normalized spacial score (nSPS) is 12.9. The van der Waals surface area contributed by atoms with E-state index in [1.165, 1.54) is 0 Å². The number of sulfone groups is 1. The van der Waals surface area contributed by atoms with Crippen LogP contribution in [0.3, 0.4) is 0 Å². The van der Waals surface area contributed by atoms with E-state index < -0.39 is 9.84 Å². The molecule has 0 aliphatic heterocycles. The van der Waals surface area contributed by atoms with Crippen LogP contribution in [0.2, 0.25) is 0 Å². The highest BCUT2D eigenvalue weighted by atomic mass is 127. The van der Waals surface area contributed by atoms with Crippen LogP contribution in [0, 0.1) is 5.92 Å². The lowest BCUT2D eigenvalue weighted by Gasteiger charge is -2.15. The van der Waals surface area contributed by atoms with E-state index in [0.29, 0.717) is 36.3 Å². The van der Waals surface area contributed by atoms with Crippen molar-refractivity contribution in [2.45, 2.75) is 44.4 Å².